The van der Waals surface area contributed by atoms with Crippen molar-refractivity contribution in [2.24, 2.45) is 0 Å². The first-order chi connectivity index (χ1) is 16.5. The molecule has 0 unspecified atom stereocenters. The van der Waals surface area contributed by atoms with Crippen LogP contribution in [0.5, 0.6) is 0 Å². The monoisotopic (exact) mass is 481 g/mol. The van der Waals surface area contributed by atoms with Gasteiger partial charge >= 0.3 is 0 Å². The maximum absolute atomic E-state index is 14.3. The van der Waals surface area contributed by atoms with Gasteiger partial charge in [-0.15, -0.1) is 0 Å². The van der Waals surface area contributed by atoms with E-state index in [0.717, 1.165) is 43.5 Å². The Morgan fingerprint density at radius 2 is 2.03 bits per heavy atom. The number of carbonyl (C=O) groups is 1. The van der Waals surface area contributed by atoms with Crippen LogP contribution in [-0.4, -0.2) is 58.8 Å². The van der Waals surface area contributed by atoms with Gasteiger partial charge in [-0.3, -0.25) is 9.69 Å². The molecule has 2 saturated heterocycles. The van der Waals surface area contributed by atoms with Crippen molar-refractivity contribution < 1.29 is 13.6 Å². The summed E-state index contributed by atoms with van der Waals surface area (Å²) in [6.07, 6.45) is 8.51. The Kier molecular flexibility index (Phi) is 6.94. The van der Waals surface area contributed by atoms with Gasteiger partial charge in [0.15, 0.2) is 0 Å². The molecule has 35 heavy (non-hydrogen) atoms. The number of anilines is 1. The second-order valence-corrected chi connectivity index (χ2v) is 9.61. The molecular formula is C27H33F2N5O. The predicted octanol–water partition coefficient (Wildman–Crippen LogP) is 4.83. The number of piperazine rings is 1. The number of aromatic nitrogens is 1. The Morgan fingerprint density at radius 3 is 2.69 bits per heavy atom. The molecule has 2 fully saturated rings. The minimum atomic E-state index is -3.13. The molecule has 0 radical (unpaired) electrons. The van der Waals surface area contributed by atoms with Gasteiger partial charge in [-0.2, -0.15) is 0 Å². The smallest absolute Gasteiger partial charge is 0.272 e. The molecule has 0 saturated carbocycles. The molecule has 3 aliphatic rings. The summed E-state index contributed by atoms with van der Waals surface area (Å²) in [5.41, 5.74) is 2.09. The lowest BCUT2D eigenvalue weighted by Crippen LogP contribution is -2.50. The van der Waals surface area contributed by atoms with Crippen molar-refractivity contribution in [1.82, 2.24) is 20.1 Å². The number of allylic oxidation sites excluding steroid dienone is 4. The number of hydrogen-bond donors (Lipinski definition) is 1. The zero-order valence-electron chi connectivity index (χ0n) is 20.7. The molecule has 1 aromatic rings. The number of nitrogens with one attached hydrogen (secondary N) is 1. The molecule has 4 rings (SSSR count). The van der Waals surface area contributed by atoms with E-state index in [-0.39, 0.29) is 17.0 Å². The Hall–Kier alpha value is -3.26. The molecule has 0 spiro atoms. The zero-order valence-corrected chi connectivity index (χ0v) is 20.7. The summed E-state index contributed by atoms with van der Waals surface area (Å²) in [6.45, 7) is 16.3. The second-order valence-electron chi connectivity index (χ2n) is 9.61. The first-order valence-corrected chi connectivity index (χ1v) is 11.9. The van der Waals surface area contributed by atoms with E-state index in [1.165, 1.54) is 36.6 Å². The number of alkyl halides is 2. The summed E-state index contributed by atoms with van der Waals surface area (Å²) < 4.78 is 28.6. The standard InChI is InChI=1S/C27H33F2N5O/c1-18(2)19(3)15-34-16-22(13-24(20(34)4)27(5,28)29)31-26(35)21-8-9-25(30-14-21)33-12-11-32-10-6-7-23(32)17-33/h8-9,13-16,23H,1,4,6-7,10-12,17H2,2-3,5H3,(H,31,35)/b19-15-/t23-/m0/s1. The quantitative estimate of drug-likeness (QED) is 0.590. The highest BCUT2D eigenvalue weighted by atomic mass is 19.3. The van der Waals surface area contributed by atoms with Crippen LogP contribution in [0.2, 0.25) is 0 Å². The molecule has 186 valence electrons. The molecule has 6 nitrogen and oxygen atoms in total. The van der Waals surface area contributed by atoms with Crippen LogP contribution in [0, 0.1) is 0 Å². The number of carbonyl (C=O) groups excluding carboxylic acids is 1. The number of nitrogens with zero attached hydrogens (tertiary/aromatic N) is 4. The van der Waals surface area contributed by atoms with Gasteiger partial charge in [0.25, 0.3) is 11.8 Å². The summed E-state index contributed by atoms with van der Waals surface area (Å²) in [6, 6.07) is 4.15. The average Bonchev–Trinajstić information content (AvgIpc) is 3.28. The largest absolute Gasteiger partial charge is 0.354 e. The van der Waals surface area contributed by atoms with Crippen molar-refractivity contribution in [3.05, 3.63) is 83.6 Å². The van der Waals surface area contributed by atoms with Crippen LogP contribution < -0.4 is 10.2 Å². The highest BCUT2D eigenvalue weighted by Crippen LogP contribution is 2.35. The first-order valence-electron chi connectivity index (χ1n) is 11.9. The third-order valence-corrected chi connectivity index (χ3v) is 6.86. The SMILES string of the molecule is C=C(C)/C(C)=C\N1C=C(NC(=O)c2ccc(N3CCN4CCC[C@H]4C3)nc2)C=C(C(C)(F)F)C1=C. The fourth-order valence-corrected chi connectivity index (χ4v) is 4.64. The van der Waals surface area contributed by atoms with E-state index in [4.69, 9.17) is 0 Å². The van der Waals surface area contributed by atoms with Crippen LogP contribution in [0.4, 0.5) is 14.6 Å². The Balaban J connectivity index is 1.50. The number of hydrogen-bond acceptors (Lipinski definition) is 5. The third-order valence-electron chi connectivity index (χ3n) is 6.86. The molecule has 4 heterocycles. The number of pyridine rings is 1. The van der Waals surface area contributed by atoms with Gasteiger partial charge in [-0.05, 0) is 57.0 Å². The van der Waals surface area contributed by atoms with Crippen molar-refractivity contribution in [2.45, 2.75) is 45.6 Å². The van der Waals surface area contributed by atoms with E-state index < -0.39 is 11.8 Å². The van der Waals surface area contributed by atoms with E-state index in [1.807, 2.05) is 19.9 Å². The van der Waals surface area contributed by atoms with Crippen LogP contribution in [0.15, 0.2) is 78.1 Å². The van der Waals surface area contributed by atoms with Crippen LogP contribution in [-0.2, 0) is 0 Å². The Morgan fingerprint density at radius 1 is 1.26 bits per heavy atom. The van der Waals surface area contributed by atoms with Crippen molar-refractivity contribution >= 4 is 11.7 Å². The fourth-order valence-electron chi connectivity index (χ4n) is 4.64. The topological polar surface area (TPSA) is 51.7 Å². The van der Waals surface area contributed by atoms with E-state index in [1.54, 1.807) is 18.5 Å². The number of rotatable bonds is 6. The average molecular weight is 482 g/mol. The molecule has 3 aliphatic heterocycles. The van der Waals surface area contributed by atoms with Gasteiger partial charge in [0, 0.05) is 62.5 Å². The number of amides is 1. The van der Waals surface area contributed by atoms with Gasteiger partial charge in [-0.1, -0.05) is 18.7 Å². The van der Waals surface area contributed by atoms with Crippen LogP contribution >= 0.6 is 0 Å². The molecule has 1 aromatic heterocycles. The van der Waals surface area contributed by atoms with Crippen molar-refractivity contribution in [2.75, 3.05) is 31.1 Å². The van der Waals surface area contributed by atoms with Gasteiger partial charge in [0.2, 0.25) is 0 Å². The van der Waals surface area contributed by atoms with Crippen molar-refractivity contribution in [3.8, 4) is 0 Å². The predicted molar refractivity (Wildman–Crippen MR) is 135 cm³/mol. The van der Waals surface area contributed by atoms with Gasteiger partial charge in [0.05, 0.1) is 11.3 Å². The second kappa shape index (κ2) is 9.77. The van der Waals surface area contributed by atoms with Gasteiger partial charge in [0.1, 0.15) is 5.82 Å². The maximum Gasteiger partial charge on any atom is 0.272 e. The summed E-state index contributed by atoms with van der Waals surface area (Å²) in [4.78, 5) is 23.7. The van der Waals surface area contributed by atoms with E-state index in [0.29, 0.717) is 11.6 Å². The number of halogens is 2. The summed E-state index contributed by atoms with van der Waals surface area (Å²) in [7, 11) is 0. The molecule has 0 aliphatic carbocycles. The Labute approximate surface area is 206 Å². The number of fused-ring (bicyclic) bond motifs is 1. The zero-order chi connectivity index (χ0) is 25.3. The minimum Gasteiger partial charge on any atom is -0.354 e. The van der Waals surface area contributed by atoms with E-state index in [2.05, 4.69) is 33.3 Å². The van der Waals surface area contributed by atoms with Crippen LogP contribution in [0.3, 0.4) is 0 Å². The molecule has 1 amide bonds. The molecular weight excluding hydrogens is 448 g/mol. The highest BCUT2D eigenvalue weighted by molar-refractivity contribution is 5.95. The lowest BCUT2D eigenvalue weighted by atomic mass is 10.0. The van der Waals surface area contributed by atoms with Gasteiger partial charge < -0.3 is 15.1 Å². The molecule has 8 heteroatoms. The lowest BCUT2D eigenvalue weighted by Gasteiger charge is -2.38. The van der Waals surface area contributed by atoms with Crippen molar-refractivity contribution in [1.29, 1.82) is 0 Å². The summed E-state index contributed by atoms with van der Waals surface area (Å²) in [5.74, 6) is -2.70. The van der Waals surface area contributed by atoms with E-state index >= 15 is 0 Å². The van der Waals surface area contributed by atoms with Crippen LogP contribution in [0.1, 0.15) is 44.0 Å². The molecule has 1 N–H and O–H groups in total. The van der Waals surface area contributed by atoms with Crippen molar-refractivity contribution in [3.63, 3.8) is 0 Å². The highest BCUT2D eigenvalue weighted by Gasteiger charge is 2.34. The third kappa shape index (κ3) is 5.53. The van der Waals surface area contributed by atoms with Crippen LogP contribution in [0.25, 0.3) is 0 Å². The maximum atomic E-state index is 14.3. The summed E-state index contributed by atoms with van der Waals surface area (Å²) >= 11 is 0. The normalized spacial score (nSPS) is 21.5. The van der Waals surface area contributed by atoms with E-state index in [9.17, 15) is 13.6 Å². The molecule has 1 atom stereocenters. The Bertz CT molecular complexity index is 1110. The van der Waals surface area contributed by atoms with Gasteiger partial charge in [-0.25, -0.2) is 13.8 Å². The molecule has 0 aromatic carbocycles. The lowest BCUT2D eigenvalue weighted by molar-refractivity contribution is 0.0629. The first kappa shape index (κ1) is 24.9. The fraction of sp³-hybridized carbons (Fsp3) is 0.407. The minimum absolute atomic E-state index is 0.143. The summed E-state index contributed by atoms with van der Waals surface area (Å²) in [5, 5.41) is 2.74. The molecule has 0 bridgehead atoms.